The Balaban J connectivity index is 2.14. The van der Waals surface area contributed by atoms with Gasteiger partial charge < -0.3 is 5.32 Å². The quantitative estimate of drug-likeness (QED) is 0.840. The van der Waals surface area contributed by atoms with Crippen LogP contribution in [0.2, 0.25) is 0 Å². The lowest BCUT2D eigenvalue weighted by Gasteiger charge is -2.21. The molecule has 1 N–H and O–H groups in total. The zero-order valence-corrected chi connectivity index (χ0v) is 15.0. The predicted octanol–water partition coefficient (Wildman–Crippen LogP) is 5.09. The van der Waals surface area contributed by atoms with Crippen LogP contribution in [0.15, 0.2) is 42.5 Å². The van der Waals surface area contributed by atoms with Gasteiger partial charge in [0.2, 0.25) is 0 Å². The predicted molar refractivity (Wildman–Crippen MR) is 96.9 cm³/mol. The average Bonchev–Trinajstić information content (AvgIpc) is 2.48. The van der Waals surface area contributed by atoms with Crippen LogP contribution < -0.4 is 5.32 Å². The number of carbonyl (C=O) groups is 1. The van der Waals surface area contributed by atoms with Crippen LogP contribution >= 0.6 is 0 Å². The van der Waals surface area contributed by atoms with Gasteiger partial charge in [-0.2, -0.15) is 0 Å². The summed E-state index contributed by atoms with van der Waals surface area (Å²) in [7, 11) is 0. The molecule has 2 rings (SSSR count). The SMILES string of the molecule is Cc1ccc(C)c(C(=O)NC(C)c2ccc(C(C)(C)C)cc2)c1. The van der Waals surface area contributed by atoms with Gasteiger partial charge in [0.25, 0.3) is 5.91 Å². The van der Waals surface area contributed by atoms with Crippen LogP contribution in [0.3, 0.4) is 0 Å². The number of hydrogen-bond donors (Lipinski definition) is 1. The summed E-state index contributed by atoms with van der Waals surface area (Å²) in [4.78, 5) is 12.5. The molecule has 122 valence electrons. The third kappa shape index (κ3) is 4.22. The van der Waals surface area contributed by atoms with E-state index in [-0.39, 0.29) is 17.4 Å². The maximum absolute atomic E-state index is 12.5. The maximum atomic E-state index is 12.5. The molecule has 0 radical (unpaired) electrons. The van der Waals surface area contributed by atoms with Gasteiger partial charge in [0.15, 0.2) is 0 Å². The summed E-state index contributed by atoms with van der Waals surface area (Å²) in [5.41, 5.74) is 5.42. The molecular weight excluding hydrogens is 282 g/mol. The molecule has 2 aromatic carbocycles. The van der Waals surface area contributed by atoms with Crippen molar-refractivity contribution in [3.8, 4) is 0 Å². The number of aryl methyl sites for hydroxylation is 2. The topological polar surface area (TPSA) is 29.1 Å². The zero-order chi connectivity index (χ0) is 17.2. The van der Waals surface area contributed by atoms with E-state index in [1.54, 1.807) is 0 Å². The number of amides is 1. The first kappa shape index (κ1) is 17.3. The van der Waals surface area contributed by atoms with Gasteiger partial charge in [0.1, 0.15) is 0 Å². The smallest absolute Gasteiger partial charge is 0.252 e. The van der Waals surface area contributed by atoms with E-state index in [2.05, 4.69) is 50.4 Å². The van der Waals surface area contributed by atoms with Crippen LogP contribution in [-0.4, -0.2) is 5.91 Å². The molecule has 1 unspecified atom stereocenters. The second kappa shape index (κ2) is 6.57. The highest BCUT2D eigenvalue weighted by molar-refractivity contribution is 5.96. The van der Waals surface area contributed by atoms with Crippen molar-refractivity contribution < 1.29 is 4.79 Å². The lowest BCUT2D eigenvalue weighted by molar-refractivity contribution is 0.0939. The Morgan fingerprint density at radius 1 is 1.00 bits per heavy atom. The van der Waals surface area contributed by atoms with Gasteiger partial charge >= 0.3 is 0 Å². The van der Waals surface area contributed by atoms with Crippen molar-refractivity contribution in [1.82, 2.24) is 5.32 Å². The standard InChI is InChI=1S/C21H27NO/c1-14-7-8-15(2)19(13-14)20(23)22-16(3)17-9-11-18(12-10-17)21(4,5)6/h7-13,16H,1-6H3,(H,22,23). The van der Waals surface area contributed by atoms with Crippen molar-refractivity contribution in [2.24, 2.45) is 0 Å². The lowest BCUT2D eigenvalue weighted by Crippen LogP contribution is -2.27. The van der Waals surface area contributed by atoms with Gasteiger partial charge in [-0.05, 0) is 48.9 Å². The van der Waals surface area contributed by atoms with Gasteiger partial charge in [0, 0.05) is 5.56 Å². The summed E-state index contributed by atoms with van der Waals surface area (Å²) < 4.78 is 0. The van der Waals surface area contributed by atoms with Crippen LogP contribution in [0.1, 0.15) is 66.3 Å². The van der Waals surface area contributed by atoms with Gasteiger partial charge in [0.05, 0.1) is 6.04 Å². The summed E-state index contributed by atoms with van der Waals surface area (Å²) >= 11 is 0. The molecule has 0 spiro atoms. The van der Waals surface area contributed by atoms with Crippen molar-refractivity contribution >= 4 is 5.91 Å². The molecule has 2 heteroatoms. The Morgan fingerprint density at radius 2 is 1.61 bits per heavy atom. The fourth-order valence-corrected chi connectivity index (χ4v) is 2.61. The van der Waals surface area contributed by atoms with Crippen molar-refractivity contribution in [3.63, 3.8) is 0 Å². The highest BCUT2D eigenvalue weighted by atomic mass is 16.1. The van der Waals surface area contributed by atoms with Crippen LogP contribution in [0, 0.1) is 13.8 Å². The molecule has 0 aromatic heterocycles. The first-order chi connectivity index (χ1) is 10.7. The minimum absolute atomic E-state index is 0.0152. The Hall–Kier alpha value is -2.09. The summed E-state index contributed by atoms with van der Waals surface area (Å²) in [6.45, 7) is 12.6. The van der Waals surface area contributed by atoms with Crippen LogP contribution in [0.25, 0.3) is 0 Å². The molecule has 1 atom stereocenters. The minimum Gasteiger partial charge on any atom is -0.346 e. The highest BCUT2D eigenvalue weighted by Crippen LogP contribution is 2.24. The molecule has 0 fully saturated rings. The van der Waals surface area contributed by atoms with E-state index in [1.807, 2.05) is 39.0 Å². The summed E-state index contributed by atoms with van der Waals surface area (Å²) in [6.07, 6.45) is 0. The van der Waals surface area contributed by atoms with E-state index in [0.29, 0.717) is 0 Å². The Bertz CT molecular complexity index is 693. The molecule has 0 saturated heterocycles. The first-order valence-corrected chi connectivity index (χ1v) is 8.17. The zero-order valence-electron chi connectivity index (χ0n) is 15.0. The van der Waals surface area contributed by atoms with Gasteiger partial charge in [-0.25, -0.2) is 0 Å². The Kier molecular flexibility index (Phi) is 4.93. The van der Waals surface area contributed by atoms with Gasteiger partial charge in [-0.15, -0.1) is 0 Å². The number of hydrogen-bond acceptors (Lipinski definition) is 1. The van der Waals surface area contributed by atoms with Crippen LogP contribution in [0.4, 0.5) is 0 Å². The molecule has 2 aromatic rings. The Morgan fingerprint density at radius 3 is 2.17 bits per heavy atom. The van der Waals surface area contributed by atoms with Crippen LogP contribution in [0.5, 0.6) is 0 Å². The van der Waals surface area contributed by atoms with Crippen molar-refractivity contribution in [3.05, 3.63) is 70.3 Å². The van der Waals surface area contributed by atoms with E-state index in [4.69, 9.17) is 0 Å². The lowest BCUT2D eigenvalue weighted by atomic mass is 9.86. The van der Waals surface area contributed by atoms with Crippen molar-refractivity contribution in [2.75, 3.05) is 0 Å². The highest BCUT2D eigenvalue weighted by Gasteiger charge is 2.16. The largest absolute Gasteiger partial charge is 0.346 e. The number of carbonyl (C=O) groups excluding carboxylic acids is 1. The van der Waals surface area contributed by atoms with Crippen LogP contribution in [-0.2, 0) is 5.41 Å². The molecule has 0 saturated carbocycles. The Labute approximate surface area is 139 Å². The third-order valence-corrected chi connectivity index (χ3v) is 4.26. The number of rotatable bonds is 3. The van der Waals surface area contributed by atoms with E-state index < -0.39 is 0 Å². The summed E-state index contributed by atoms with van der Waals surface area (Å²) in [6, 6.07) is 14.5. The molecule has 2 nitrogen and oxygen atoms in total. The second-order valence-corrected chi connectivity index (χ2v) is 7.39. The summed E-state index contributed by atoms with van der Waals surface area (Å²) in [5, 5.41) is 3.10. The molecule has 0 aliphatic carbocycles. The third-order valence-electron chi connectivity index (χ3n) is 4.26. The van der Waals surface area contributed by atoms with E-state index in [9.17, 15) is 4.79 Å². The molecule has 0 heterocycles. The monoisotopic (exact) mass is 309 g/mol. The second-order valence-electron chi connectivity index (χ2n) is 7.39. The molecular formula is C21H27NO. The number of benzene rings is 2. The van der Waals surface area contributed by atoms with E-state index >= 15 is 0 Å². The fourth-order valence-electron chi connectivity index (χ4n) is 2.61. The fraction of sp³-hybridized carbons (Fsp3) is 0.381. The van der Waals surface area contributed by atoms with Crippen molar-refractivity contribution in [2.45, 2.75) is 53.0 Å². The maximum Gasteiger partial charge on any atom is 0.252 e. The van der Waals surface area contributed by atoms with Crippen molar-refractivity contribution in [1.29, 1.82) is 0 Å². The normalized spacial score (nSPS) is 12.8. The van der Waals surface area contributed by atoms with Gasteiger partial charge in [-0.1, -0.05) is 62.7 Å². The van der Waals surface area contributed by atoms with E-state index in [1.165, 1.54) is 5.56 Å². The minimum atomic E-state index is -0.0172. The average molecular weight is 309 g/mol. The van der Waals surface area contributed by atoms with Gasteiger partial charge in [-0.3, -0.25) is 4.79 Å². The molecule has 0 bridgehead atoms. The summed E-state index contributed by atoms with van der Waals surface area (Å²) in [5.74, 6) is -0.0152. The molecule has 0 aliphatic heterocycles. The first-order valence-electron chi connectivity index (χ1n) is 8.17. The van der Waals surface area contributed by atoms with E-state index in [0.717, 1.165) is 22.3 Å². The molecule has 23 heavy (non-hydrogen) atoms. The molecule has 0 aliphatic rings. The number of nitrogens with one attached hydrogen (secondary N) is 1. The molecule has 1 amide bonds.